The first-order valence-electron chi connectivity index (χ1n) is 12.8. The van der Waals surface area contributed by atoms with Gasteiger partial charge >= 0.3 is 6.01 Å². The molecule has 2 N–H and O–H groups in total. The number of piperazine rings is 1. The minimum atomic E-state index is -0.0661. The Labute approximate surface area is 224 Å². The van der Waals surface area contributed by atoms with Crippen LogP contribution in [0.1, 0.15) is 11.4 Å². The summed E-state index contributed by atoms with van der Waals surface area (Å²) in [6.07, 6.45) is 7.20. The Morgan fingerprint density at radius 2 is 2.00 bits per heavy atom. The number of nitrogens with zero attached hydrogens (tertiary/aromatic N) is 6. The first-order chi connectivity index (χ1) is 19.1. The molecule has 11 heteroatoms. The van der Waals surface area contributed by atoms with E-state index in [0.29, 0.717) is 56.2 Å². The number of aryl methyl sites for hydroxylation is 1. The number of anilines is 1. The maximum atomic E-state index is 12.1. The van der Waals surface area contributed by atoms with Gasteiger partial charge in [0.1, 0.15) is 22.9 Å². The molecule has 1 aliphatic rings. The number of imidazole rings is 1. The third-order valence-corrected chi connectivity index (χ3v) is 6.82. The number of carbonyl (C=O) groups is 1. The topological polar surface area (TPSA) is 125 Å². The average Bonchev–Trinajstić information content (AvgIpc) is 3.67. The van der Waals surface area contributed by atoms with Gasteiger partial charge in [0.2, 0.25) is 5.91 Å². The number of rotatable bonds is 8. The minimum Gasteiger partial charge on any atom is -0.463 e. The minimum absolute atomic E-state index is 0.0661. The molecule has 4 heterocycles. The van der Waals surface area contributed by atoms with Crippen LogP contribution in [-0.2, 0) is 11.2 Å². The van der Waals surface area contributed by atoms with Crippen LogP contribution in [0.2, 0.25) is 0 Å². The number of fused-ring (bicyclic) bond motifs is 2. The van der Waals surface area contributed by atoms with Crippen molar-refractivity contribution in [2.75, 3.05) is 37.7 Å². The quantitative estimate of drug-likeness (QED) is 0.294. The Balaban J connectivity index is 1.37. The van der Waals surface area contributed by atoms with Gasteiger partial charge in [-0.2, -0.15) is 15.1 Å². The molecule has 198 valence electrons. The molecule has 1 amide bonds. The number of ether oxygens (including phenoxy) is 2. The fraction of sp³-hybridized carbons (Fsp3) is 0.250. The number of aromatic amines is 2. The molecule has 1 saturated heterocycles. The Morgan fingerprint density at radius 1 is 1.13 bits per heavy atom. The van der Waals surface area contributed by atoms with Gasteiger partial charge in [0.15, 0.2) is 5.75 Å². The van der Waals surface area contributed by atoms with Crippen LogP contribution in [0.15, 0.2) is 61.6 Å². The maximum Gasteiger partial charge on any atom is 0.319 e. The Kier molecular flexibility index (Phi) is 6.54. The van der Waals surface area contributed by atoms with Gasteiger partial charge in [0.05, 0.1) is 23.7 Å². The van der Waals surface area contributed by atoms with Crippen molar-refractivity contribution in [1.82, 2.24) is 35.0 Å². The zero-order valence-electron chi connectivity index (χ0n) is 21.6. The summed E-state index contributed by atoms with van der Waals surface area (Å²) in [7, 11) is 0. The van der Waals surface area contributed by atoms with Crippen molar-refractivity contribution in [2.24, 2.45) is 0 Å². The zero-order chi connectivity index (χ0) is 26.8. The number of carbonyl (C=O) groups excluding carboxylic acids is 1. The third kappa shape index (κ3) is 4.86. The monoisotopic (exact) mass is 524 g/mol. The molecular weight excluding hydrogens is 496 g/mol. The molecule has 3 aromatic heterocycles. The summed E-state index contributed by atoms with van der Waals surface area (Å²) in [5.41, 5.74) is 2.51. The number of amides is 1. The molecular formula is C28H28N8O3. The number of nitrogens with one attached hydrogen (secondary N) is 2. The van der Waals surface area contributed by atoms with E-state index in [1.807, 2.05) is 37.3 Å². The lowest BCUT2D eigenvalue weighted by molar-refractivity contribution is -0.126. The second-order valence-corrected chi connectivity index (χ2v) is 9.28. The van der Waals surface area contributed by atoms with Crippen LogP contribution in [0, 0.1) is 6.92 Å². The predicted octanol–water partition coefficient (Wildman–Crippen LogP) is 3.79. The van der Waals surface area contributed by atoms with Crippen LogP contribution < -0.4 is 14.4 Å². The number of aromatic nitrogens is 6. The van der Waals surface area contributed by atoms with E-state index in [-0.39, 0.29) is 11.9 Å². The molecule has 0 saturated carbocycles. The van der Waals surface area contributed by atoms with Crippen LogP contribution in [-0.4, -0.2) is 73.7 Å². The molecule has 0 bridgehead atoms. The van der Waals surface area contributed by atoms with Gasteiger partial charge in [-0.25, -0.2) is 4.98 Å². The van der Waals surface area contributed by atoms with E-state index in [2.05, 4.69) is 31.6 Å². The van der Waals surface area contributed by atoms with E-state index >= 15 is 0 Å². The van der Waals surface area contributed by atoms with Crippen LogP contribution in [0.5, 0.6) is 17.5 Å². The van der Waals surface area contributed by atoms with Gasteiger partial charge in [0.25, 0.3) is 0 Å². The summed E-state index contributed by atoms with van der Waals surface area (Å²) in [6, 6.07) is 10.0. The van der Waals surface area contributed by atoms with Crippen molar-refractivity contribution in [1.29, 1.82) is 0 Å². The van der Waals surface area contributed by atoms with Crippen molar-refractivity contribution < 1.29 is 14.3 Å². The molecule has 1 aliphatic heterocycles. The van der Waals surface area contributed by atoms with Crippen LogP contribution in [0.4, 0.5) is 5.82 Å². The van der Waals surface area contributed by atoms with Crippen molar-refractivity contribution in [3.8, 4) is 17.5 Å². The number of para-hydroxylation sites is 1. The summed E-state index contributed by atoms with van der Waals surface area (Å²) in [6.45, 7) is 8.35. The van der Waals surface area contributed by atoms with E-state index < -0.39 is 0 Å². The van der Waals surface area contributed by atoms with E-state index in [1.165, 1.54) is 6.08 Å². The number of H-pyrrole nitrogens is 2. The zero-order valence-corrected chi connectivity index (χ0v) is 21.6. The lowest BCUT2D eigenvalue weighted by Crippen LogP contribution is -2.48. The Morgan fingerprint density at radius 3 is 2.79 bits per heavy atom. The molecule has 0 spiro atoms. The van der Waals surface area contributed by atoms with Gasteiger partial charge in [0, 0.05) is 50.4 Å². The van der Waals surface area contributed by atoms with Crippen molar-refractivity contribution in [3.05, 3.63) is 73.0 Å². The summed E-state index contributed by atoms with van der Waals surface area (Å²) < 4.78 is 12.5. The molecule has 39 heavy (non-hydrogen) atoms. The molecule has 5 aromatic rings. The summed E-state index contributed by atoms with van der Waals surface area (Å²) in [5, 5.41) is 8.90. The standard InChI is InChI=1S/C28H28N8O3/c1-3-24(37)35-12-14-36(15-13-35)27-19-5-4-6-22(39-26-18(2)7-8-21-20(26)17-31-34-21)25(19)32-28(33-27)38-16-9-23-29-10-11-30-23/h3-8,10-11,17H,1,9,12-16H2,2H3,(H,29,30)(H,31,34). The maximum absolute atomic E-state index is 12.1. The highest BCUT2D eigenvalue weighted by atomic mass is 16.5. The fourth-order valence-electron chi connectivity index (χ4n) is 4.76. The molecule has 1 fully saturated rings. The van der Waals surface area contributed by atoms with E-state index in [4.69, 9.17) is 19.4 Å². The molecule has 0 unspecified atom stereocenters. The highest BCUT2D eigenvalue weighted by Gasteiger charge is 2.24. The van der Waals surface area contributed by atoms with Gasteiger partial charge in [-0.15, -0.1) is 0 Å². The van der Waals surface area contributed by atoms with Gasteiger partial charge in [-0.3, -0.25) is 9.89 Å². The second kappa shape index (κ2) is 10.4. The highest BCUT2D eigenvalue weighted by molar-refractivity contribution is 5.95. The molecule has 2 aromatic carbocycles. The third-order valence-electron chi connectivity index (χ3n) is 6.82. The normalized spacial score (nSPS) is 13.7. The van der Waals surface area contributed by atoms with Crippen molar-refractivity contribution in [3.63, 3.8) is 0 Å². The van der Waals surface area contributed by atoms with Crippen molar-refractivity contribution >= 4 is 33.5 Å². The largest absolute Gasteiger partial charge is 0.463 e. The van der Waals surface area contributed by atoms with E-state index in [0.717, 1.165) is 33.5 Å². The first-order valence-corrected chi connectivity index (χ1v) is 12.8. The second-order valence-electron chi connectivity index (χ2n) is 9.28. The van der Waals surface area contributed by atoms with Gasteiger partial charge < -0.3 is 24.3 Å². The summed E-state index contributed by atoms with van der Waals surface area (Å²) >= 11 is 0. The Bertz CT molecular complexity index is 1640. The fourth-order valence-corrected chi connectivity index (χ4v) is 4.76. The summed E-state index contributed by atoms with van der Waals surface area (Å²) in [4.78, 5) is 33.0. The molecule has 0 radical (unpaired) electrons. The number of hydrogen-bond donors (Lipinski definition) is 2. The SMILES string of the molecule is C=CC(=O)N1CCN(c2nc(OCCc3ncc[nH]3)nc3c(Oc4c(C)ccc5[nH]ncc45)cccc23)CC1. The smallest absolute Gasteiger partial charge is 0.319 e. The first kappa shape index (κ1) is 24.4. The molecule has 0 aliphatic carbocycles. The number of benzene rings is 2. The predicted molar refractivity (Wildman–Crippen MR) is 147 cm³/mol. The van der Waals surface area contributed by atoms with E-state index in [1.54, 1.807) is 23.5 Å². The molecule has 11 nitrogen and oxygen atoms in total. The lowest BCUT2D eigenvalue weighted by atomic mass is 10.1. The van der Waals surface area contributed by atoms with Crippen LogP contribution in [0.25, 0.3) is 21.8 Å². The summed E-state index contributed by atoms with van der Waals surface area (Å²) in [5.74, 6) is 2.80. The average molecular weight is 525 g/mol. The molecule has 0 atom stereocenters. The van der Waals surface area contributed by atoms with Crippen LogP contribution >= 0.6 is 0 Å². The molecule has 6 rings (SSSR count). The lowest BCUT2D eigenvalue weighted by Gasteiger charge is -2.35. The Hall–Kier alpha value is -4.93. The highest BCUT2D eigenvalue weighted by Crippen LogP contribution is 2.38. The number of hydrogen-bond acceptors (Lipinski definition) is 8. The van der Waals surface area contributed by atoms with Gasteiger partial charge in [-0.05, 0) is 36.8 Å². The van der Waals surface area contributed by atoms with Crippen molar-refractivity contribution in [2.45, 2.75) is 13.3 Å². The van der Waals surface area contributed by atoms with Gasteiger partial charge in [-0.1, -0.05) is 18.7 Å². The van der Waals surface area contributed by atoms with E-state index in [9.17, 15) is 4.79 Å². The van der Waals surface area contributed by atoms with Crippen LogP contribution in [0.3, 0.4) is 0 Å².